The fourth-order valence-electron chi connectivity index (χ4n) is 5.40. The van der Waals surface area contributed by atoms with E-state index < -0.39 is 49.9 Å². The number of nitrogens with zero attached hydrogens (tertiary/aromatic N) is 2. The van der Waals surface area contributed by atoms with E-state index in [2.05, 4.69) is 0 Å². The minimum absolute atomic E-state index is 0. The second kappa shape index (κ2) is 16.1. The summed E-state index contributed by atoms with van der Waals surface area (Å²) in [6.07, 6.45) is -13.8. The molecule has 0 radical (unpaired) electrons. The predicted octanol–water partition coefficient (Wildman–Crippen LogP) is 6.39. The number of hydrogen-bond acceptors (Lipinski definition) is 7. The molecule has 7 nitrogen and oxygen atoms in total. The molecular formula is C30H39ClF6N2O5. The number of ether oxygens (including phenoxy) is 5. The van der Waals surface area contributed by atoms with E-state index in [1.165, 1.54) is 24.0 Å². The highest BCUT2D eigenvalue weighted by Gasteiger charge is 2.50. The third-order valence-corrected chi connectivity index (χ3v) is 7.52. The summed E-state index contributed by atoms with van der Waals surface area (Å²) in [6, 6.07) is 13.7. The molecule has 4 atom stereocenters. The van der Waals surface area contributed by atoms with Gasteiger partial charge in [0.15, 0.2) is 12.2 Å². The fourth-order valence-corrected chi connectivity index (χ4v) is 5.40. The maximum Gasteiger partial charge on any atom is 0.415 e. The Balaban J connectivity index is 0.00000529. The Morgan fingerprint density at radius 1 is 0.682 bits per heavy atom. The lowest BCUT2D eigenvalue weighted by atomic mass is 10.1. The smallest absolute Gasteiger partial charge is 0.415 e. The summed E-state index contributed by atoms with van der Waals surface area (Å²) in [7, 11) is 3.01. The standard InChI is InChI=1S/C30H38F6N2O5.ClH/c1-39-21-7-3-9-23(15-21)41-25-11-5-13-37(17-25)19-27(29(31,32)33)43-28(30(34,35)36)20-38-14-6-12-26(18-38)42-24-10-4-8-22(16-24)40-2;/h3-4,7-10,15-16,25-28H,5-6,11-14,17-20H2,1-2H3;1H/t25?,26?,27-,28-;/m0./s1. The van der Waals surface area contributed by atoms with E-state index in [9.17, 15) is 26.3 Å². The molecule has 2 saturated heterocycles. The van der Waals surface area contributed by atoms with Crippen LogP contribution < -0.4 is 18.9 Å². The van der Waals surface area contributed by atoms with Crippen LogP contribution in [0.5, 0.6) is 23.0 Å². The maximum atomic E-state index is 14.1. The van der Waals surface area contributed by atoms with Crippen molar-refractivity contribution in [3.05, 3.63) is 48.5 Å². The SMILES string of the molecule is COc1cccc(OC2CCCN(C[C@H](O[C@@H](CN3CCCC(Oc4cccc(OC)c4)C3)C(F)(F)F)C(F)(F)F)C2)c1.Cl. The second-order valence-electron chi connectivity index (χ2n) is 10.8. The first-order valence-corrected chi connectivity index (χ1v) is 14.3. The molecule has 2 aliphatic rings. The zero-order valence-electron chi connectivity index (χ0n) is 24.6. The van der Waals surface area contributed by atoms with E-state index in [1.807, 2.05) is 0 Å². The van der Waals surface area contributed by atoms with Crippen LogP contribution >= 0.6 is 12.4 Å². The van der Waals surface area contributed by atoms with Crippen molar-refractivity contribution >= 4 is 12.4 Å². The first-order valence-electron chi connectivity index (χ1n) is 14.3. The first kappa shape index (κ1) is 35.9. The van der Waals surface area contributed by atoms with Crippen LogP contribution in [0.4, 0.5) is 26.3 Å². The minimum Gasteiger partial charge on any atom is -0.497 e. The lowest BCUT2D eigenvalue weighted by Crippen LogP contribution is -2.54. The van der Waals surface area contributed by atoms with E-state index in [-0.39, 0.29) is 25.5 Å². The van der Waals surface area contributed by atoms with Gasteiger partial charge in [-0.3, -0.25) is 9.80 Å². The van der Waals surface area contributed by atoms with Crippen molar-refractivity contribution in [2.24, 2.45) is 0 Å². The lowest BCUT2D eigenvalue weighted by molar-refractivity contribution is -0.291. The van der Waals surface area contributed by atoms with Crippen molar-refractivity contribution in [2.75, 3.05) is 53.5 Å². The Hall–Kier alpha value is -2.61. The summed E-state index contributed by atoms with van der Waals surface area (Å²) < 4.78 is 112. The molecule has 0 bridgehead atoms. The van der Waals surface area contributed by atoms with Crippen molar-refractivity contribution in [1.29, 1.82) is 0 Å². The minimum atomic E-state index is -5.00. The molecule has 2 fully saturated rings. The first-order chi connectivity index (χ1) is 20.4. The van der Waals surface area contributed by atoms with Crippen LogP contribution in [0, 0.1) is 0 Å². The molecule has 0 aromatic heterocycles. The van der Waals surface area contributed by atoms with Crippen molar-refractivity contribution in [2.45, 2.75) is 62.5 Å². The van der Waals surface area contributed by atoms with Gasteiger partial charge >= 0.3 is 12.4 Å². The summed E-state index contributed by atoms with van der Waals surface area (Å²) >= 11 is 0. The molecule has 2 heterocycles. The summed E-state index contributed by atoms with van der Waals surface area (Å²) in [5, 5.41) is 0. The number of hydrogen-bond donors (Lipinski definition) is 0. The molecule has 248 valence electrons. The van der Waals surface area contributed by atoms with Crippen molar-refractivity contribution in [1.82, 2.24) is 9.80 Å². The Labute approximate surface area is 259 Å². The fraction of sp³-hybridized carbons (Fsp3) is 0.600. The van der Waals surface area contributed by atoms with Gasteiger partial charge in [0.2, 0.25) is 0 Å². The van der Waals surface area contributed by atoms with Gasteiger partial charge in [-0.2, -0.15) is 26.3 Å². The molecule has 2 unspecified atom stereocenters. The van der Waals surface area contributed by atoms with Gasteiger partial charge in [-0.05, 0) is 63.0 Å². The molecule has 0 aliphatic carbocycles. The molecule has 44 heavy (non-hydrogen) atoms. The summed E-state index contributed by atoms with van der Waals surface area (Å²) in [5.41, 5.74) is 0. The predicted molar refractivity (Wildman–Crippen MR) is 154 cm³/mol. The molecular weight excluding hydrogens is 618 g/mol. The molecule has 0 N–H and O–H groups in total. The molecule has 2 aromatic carbocycles. The molecule has 14 heteroatoms. The third kappa shape index (κ3) is 10.8. The van der Waals surface area contributed by atoms with E-state index in [0.717, 1.165) is 0 Å². The zero-order valence-corrected chi connectivity index (χ0v) is 25.4. The van der Waals surface area contributed by atoms with E-state index in [0.29, 0.717) is 61.8 Å². The van der Waals surface area contributed by atoms with Gasteiger partial charge in [-0.15, -0.1) is 12.4 Å². The van der Waals surface area contributed by atoms with E-state index in [1.54, 1.807) is 48.5 Å². The normalized spacial score (nSPS) is 21.5. The molecule has 0 saturated carbocycles. The summed E-state index contributed by atoms with van der Waals surface area (Å²) in [5.74, 6) is 2.14. The van der Waals surface area contributed by atoms with Crippen molar-refractivity contribution in [3.8, 4) is 23.0 Å². The highest BCUT2D eigenvalue weighted by molar-refractivity contribution is 5.85. The monoisotopic (exact) mass is 656 g/mol. The van der Waals surface area contributed by atoms with Crippen LogP contribution in [0.3, 0.4) is 0 Å². The van der Waals surface area contributed by atoms with Gasteiger partial charge in [-0.25, -0.2) is 0 Å². The number of likely N-dealkylation sites (tertiary alicyclic amines) is 2. The third-order valence-electron chi connectivity index (χ3n) is 7.52. The Bertz CT molecular complexity index is 1070. The Kier molecular flexibility index (Phi) is 13.1. The van der Waals surface area contributed by atoms with Gasteiger partial charge in [0, 0.05) is 38.3 Å². The zero-order chi connectivity index (χ0) is 31.0. The average molecular weight is 657 g/mol. The van der Waals surface area contributed by atoms with Gasteiger partial charge in [0.25, 0.3) is 0 Å². The molecule has 2 aliphatic heterocycles. The number of piperidine rings is 2. The van der Waals surface area contributed by atoms with Crippen LogP contribution in [-0.4, -0.2) is 100 Å². The topological polar surface area (TPSA) is 52.6 Å². The molecule has 0 amide bonds. The van der Waals surface area contributed by atoms with Crippen molar-refractivity contribution in [3.63, 3.8) is 0 Å². The second-order valence-corrected chi connectivity index (χ2v) is 10.8. The lowest BCUT2D eigenvalue weighted by Gasteiger charge is -2.38. The number of alkyl halides is 6. The number of benzene rings is 2. The number of rotatable bonds is 12. The van der Waals surface area contributed by atoms with Gasteiger partial charge in [-0.1, -0.05) is 12.1 Å². The maximum absolute atomic E-state index is 14.1. The quantitative estimate of drug-likeness (QED) is 0.246. The van der Waals surface area contributed by atoms with E-state index >= 15 is 0 Å². The van der Waals surface area contributed by atoms with Crippen LogP contribution in [0.15, 0.2) is 48.5 Å². The van der Waals surface area contributed by atoms with Crippen LogP contribution in [-0.2, 0) is 4.74 Å². The molecule has 2 aromatic rings. The molecule has 4 rings (SSSR count). The van der Waals surface area contributed by atoms with Crippen molar-refractivity contribution < 1.29 is 50.0 Å². The van der Waals surface area contributed by atoms with Crippen LogP contribution in [0.2, 0.25) is 0 Å². The van der Waals surface area contributed by atoms with E-state index in [4.69, 9.17) is 23.7 Å². The summed E-state index contributed by atoms with van der Waals surface area (Å²) in [6.45, 7) is -0.621. The number of halogens is 7. The highest BCUT2D eigenvalue weighted by Crippen LogP contribution is 2.33. The molecule has 0 spiro atoms. The average Bonchev–Trinajstić information content (AvgIpc) is 2.96. The largest absolute Gasteiger partial charge is 0.497 e. The summed E-state index contributed by atoms with van der Waals surface area (Å²) in [4.78, 5) is 2.91. The van der Waals surface area contributed by atoms with Gasteiger partial charge in [0.05, 0.1) is 14.2 Å². The Morgan fingerprint density at radius 2 is 1.07 bits per heavy atom. The Morgan fingerprint density at radius 3 is 1.43 bits per heavy atom. The van der Waals surface area contributed by atoms with Gasteiger partial charge in [0.1, 0.15) is 35.2 Å². The number of methoxy groups -OCH3 is 2. The van der Waals surface area contributed by atoms with Gasteiger partial charge < -0.3 is 23.7 Å². The van der Waals surface area contributed by atoms with Crippen LogP contribution in [0.1, 0.15) is 25.7 Å². The van der Waals surface area contributed by atoms with Crippen LogP contribution in [0.25, 0.3) is 0 Å². The highest BCUT2D eigenvalue weighted by atomic mass is 35.5.